The lowest BCUT2D eigenvalue weighted by Gasteiger charge is -2.31. The van der Waals surface area contributed by atoms with Gasteiger partial charge in [-0.3, -0.25) is 9.36 Å². The van der Waals surface area contributed by atoms with Crippen LogP contribution in [0, 0.1) is 0 Å². The molecule has 13 nitrogen and oxygen atoms in total. The lowest BCUT2D eigenvalue weighted by Crippen LogP contribution is -2.34. The fourth-order valence-corrected chi connectivity index (χ4v) is 5.84. The summed E-state index contributed by atoms with van der Waals surface area (Å²) in [4.78, 5) is 42.1. The summed E-state index contributed by atoms with van der Waals surface area (Å²) in [6.45, 7) is 3.51. The molecule has 1 fully saturated rings. The number of carbonyl (C=O) groups is 3. The van der Waals surface area contributed by atoms with Gasteiger partial charge in [0, 0.05) is 56.2 Å². The van der Waals surface area contributed by atoms with Gasteiger partial charge in [-0.05, 0) is 79.9 Å². The van der Waals surface area contributed by atoms with E-state index in [2.05, 4.69) is 20.5 Å². The van der Waals surface area contributed by atoms with Gasteiger partial charge in [-0.1, -0.05) is 30.3 Å². The van der Waals surface area contributed by atoms with Crippen LogP contribution in [0.25, 0.3) is 10.9 Å². The maximum atomic E-state index is 13.0. The van der Waals surface area contributed by atoms with Crippen molar-refractivity contribution in [2.24, 2.45) is 0 Å². The van der Waals surface area contributed by atoms with Crippen LogP contribution in [-0.4, -0.2) is 96.2 Å². The molecule has 4 N–H and O–H groups in total. The standard InChI is InChI=1S/C32H37N5O6.C7H6O2/c1-33-32(40)37-14-10-25-19-29(28(21-27(25)37)42-18-17-41-2)43-26-7-11-34-30(20-26)35-31(39)24-5-3-22(4-6-24)23-8-12-36(13-9-23)15-16-38;8-7(9)6-4-2-1-3-5-6/h3-7,10-11,14,19-21,23,38H,8-9,12-13,15-18H2,1-2H3,(H,33,40)(H,34,35,39);1-5H,(H,8,9). The van der Waals surface area contributed by atoms with Gasteiger partial charge in [-0.15, -0.1) is 0 Å². The average molecular weight is 710 g/mol. The average Bonchev–Trinajstić information content (AvgIpc) is 3.58. The van der Waals surface area contributed by atoms with Gasteiger partial charge >= 0.3 is 12.0 Å². The Morgan fingerprint density at radius 3 is 2.31 bits per heavy atom. The van der Waals surface area contributed by atoms with E-state index in [9.17, 15) is 14.4 Å². The van der Waals surface area contributed by atoms with E-state index in [1.165, 1.54) is 10.1 Å². The summed E-state index contributed by atoms with van der Waals surface area (Å²) >= 11 is 0. The highest BCUT2D eigenvalue weighted by atomic mass is 16.5. The molecule has 6 rings (SSSR count). The lowest BCUT2D eigenvalue weighted by molar-refractivity contribution is 0.0696. The number of likely N-dealkylation sites (tertiary alicyclic amines) is 1. The van der Waals surface area contributed by atoms with Crippen LogP contribution in [0.1, 0.15) is 45.0 Å². The number of hydrogen-bond acceptors (Lipinski definition) is 9. The highest BCUT2D eigenvalue weighted by Crippen LogP contribution is 2.37. The second kappa shape index (κ2) is 18.5. The molecular weight excluding hydrogens is 666 g/mol. The quantitative estimate of drug-likeness (QED) is 0.116. The van der Waals surface area contributed by atoms with Crippen molar-refractivity contribution in [2.45, 2.75) is 18.8 Å². The van der Waals surface area contributed by atoms with Crippen LogP contribution in [0.2, 0.25) is 0 Å². The molecule has 13 heteroatoms. The summed E-state index contributed by atoms with van der Waals surface area (Å²) in [5.41, 5.74) is 2.76. The van der Waals surface area contributed by atoms with Crippen molar-refractivity contribution in [1.29, 1.82) is 0 Å². The molecule has 52 heavy (non-hydrogen) atoms. The normalized spacial score (nSPS) is 13.1. The van der Waals surface area contributed by atoms with Gasteiger partial charge in [-0.2, -0.15) is 0 Å². The number of aliphatic hydroxyl groups excluding tert-OH is 1. The Kier molecular flexibility index (Phi) is 13.3. The van der Waals surface area contributed by atoms with Crippen molar-refractivity contribution < 1.29 is 38.8 Å². The Bertz CT molecular complexity index is 1940. The maximum Gasteiger partial charge on any atom is 0.335 e. The number of ether oxygens (including phenoxy) is 3. The van der Waals surface area contributed by atoms with Crippen LogP contribution in [0.3, 0.4) is 0 Å². The van der Waals surface area contributed by atoms with E-state index in [1.807, 2.05) is 30.3 Å². The molecule has 0 aliphatic carbocycles. The minimum Gasteiger partial charge on any atom is -0.487 e. The second-order valence-corrected chi connectivity index (χ2v) is 12.0. The molecule has 0 unspecified atom stereocenters. The molecule has 0 atom stereocenters. The predicted octanol–water partition coefficient (Wildman–Crippen LogP) is 5.85. The number of carbonyl (C=O) groups excluding carboxylic acids is 2. The highest BCUT2D eigenvalue weighted by Gasteiger charge is 2.21. The summed E-state index contributed by atoms with van der Waals surface area (Å²) < 4.78 is 18.7. The van der Waals surface area contributed by atoms with Crippen molar-refractivity contribution in [3.05, 3.63) is 114 Å². The predicted molar refractivity (Wildman–Crippen MR) is 197 cm³/mol. The molecule has 0 saturated carbocycles. The lowest BCUT2D eigenvalue weighted by atomic mass is 9.89. The van der Waals surface area contributed by atoms with Crippen LogP contribution >= 0.6 is 0 Å². The van der Waals surface area contributed by atoms with Crippen LogP contribution in [0.5, 0.6) is 17.2 Å². The SMILES string of the molecule is CNC(=O)n1ccc2cc(Oc3ccnc(NC(=O)c4ccc(C5CCN(CCO)CC5)cc4)c3)c(OCCOC)cc21.O=C(O)c1ccccc1. The van der Waals surface area contributed by atoms with E-state index in [4.69, 9.17) is 24.4 Å². The number of hydrogen-bond donors (Lipinski definition) is 4. The topological polar surface area (TPSA) is 164 Å². The number of aromatic carboxylic acids is 1. The summed E-state index contributed by atoms with van der Waals surface area (Å²) in [6, 6.07) is 24.5. The number of pyridine rings is 1. The molecule has 1 saturated heterocycles. The third-order valence-corrected chi connectivity index (χ3v) is 8.60. The smallest absolute Gasteiger partial charge is 0.335 e. The summed E-state index contributed by atoms with van der Waals surface area (Å²) in [5.74, 6) is 0.985. The number of nitrogens with zero attached hydrogens (tertiary/aromatic N) is 3. The first-order chi connectivity index (χ1) is 25.3. The number of aromatic nitrogens is 2. The molecule has 2 aromatic heterocycles. The molecule has 1 aliphatic heterocycles. The fourth-order valence-electron chi connectivity index (χ4n) is 5.84. The van der Waals surface area contributed by atoms with E-state index in [0.29, 0.717) is 58.8 Å². The van der Waals surface area contributed by atoms with Crippen molar-refractivity contribution in [3.63, 3.8) is 0 Å². The van der Waals surface area contributed by atoms with Gasteiger partial charge in [0.1, 0.15) is 18.2 Å². The number of nitrogens with one attached hydrogen (secondary N) is 2. The maximum absolute atomic E-state index is 13.0. The van der Waals surface area contributed by atoms with E-state index in [-0.39, 0.29) is 18.5 Å². The number of β-amino-alcohol motifs (C(OH)–C–C–N with tert-alkyl or cyclic N) is 1. The van der Waals surface area contributed by atoms with Crippen LogP contribution in [0.15, 0.2) is 97.3 Å². The van der Waals surface area contributed by atoms with Crippen molar-refractivity contribution >= 4 is 34.6 Å². The molecule has 0 bridgehead atoms. The molecular formula is C39H43N5O8. The van der Waals surface area contributed by atoms with Crippen molar-refractivity contribution in [1.82, 2.24) is 19.8 Å². The second-order valence-electron chi connectivity index (χ2n) is 12.0. The summed E-state index contributed by atoms with van der Waals surface area (Å²) in [5, 5.41) is 23.8. The number of piperidine rings is 1. The molecule has 0 spiro atoms. The van der Waals surface area contributed by atoms with Gasteiger partial charge in [0.15, 0.2) is 11.5 Å². The molecule has 5 aromatic rings. The number of rotatable bonds is 12. The van der Waals surface area contributed by atoms with Crippen LogP contribution in [-0.2, 0) is 4.74 Å². The number of fused-ring (bicyclic) bond motifs is 1. The Morgan fingerprint density at radius 2 is 1.65 bits per heavy atom. The molecule has 0 radical (unpaired) electrons. The molecule has 1 aliphatic rings. The van der Waals surface area contributed by atoms with Crippen molar-refractivity contribution in [2.75, 3.05) is 58.9 Å². The minimum absolute atomic E-state index is 0.188. The largest absolute Gasteiger partial charge is 0.487 e. The zero-order chi connectivity index (χ0) is 36.9. The van der Waals surface area contributed by atoms with Gasteiger partial charge < -0.3 is 40.0 Å². The number of carboxylic acids is 1. The summed E-state index contributed by atoms with van der Waals surface area (Å²) in [7, 11) is 3.16. The third kappa shape index (κ3) is 9.94. The van der Waals surface area contributed by atoms with Gasteiger partial charge in [0.25, 0.3) is 5.91 Å². The van der Waals surface area contributed by atoms with E-state index in [0.717, 1.165) is 37.9 Å². The van der Waals surface area contributed by atoms with Gasteiger partial charge in [-0.25, -0.2) is 14.6 Å². The Hall–Kier alpha value is -5.76. The Morgan fingerprint density at radius 1 is 0.904 bits per heavy atom. The molecule has 3 aromatic carbocycles. The number of benzene rings is 3. The molecule has 2 amide bonds. The first kappa shape index (κ1) is 37.5. The highest BCUT2D eigenvalue weighted by molar-refractivity contribution is 6.03. The first-order valence-electron chi connectivity index (χ1n) is 16.9. The van der Waals surface area contributed by atoms with Crippen LogP contribution in [0.4, 0.5) is 10.6 Å². The number of anilines is 1. The molecule has 3 heterocycles. The molecule has 272 valence electrons. The van der Waals surface area contributed by atoms with Gasteiger partial charge in [0.2, 0.25) is 0 Å². The zero-order valence-corrected chi connectivity index (χ0v) is 29.2. The third-order valence-electron chi connectivity index (χ3n) is 8.60. The minimum atomic E-state index is -0.879. The fraction of sp³-hybridized carbons (Fsp3) is 0.282. The Labute approximate surface area is 301 Å². The van der Waals surface area contributed by atoms with Crippen molar-refractivity contribution in [3.8, 4) is 17.2 Å². The van der Waals surface area contributed by atoms with E-state index >= 15 is 0 Å². The Balaban J connectivity index is 0.000000507. The van der Waals surface area contributed by atoms with Gasteiger partial charge in [0.05, 0.1) is 24.3 Å². The zero-order valence-electron chi connectivity index (χ0n) is 29.2. The number of carboxylic acid groups (broad SMARTS) is 1. The summed E-state index contributed by atoms with van der Waals surface area (Å²) in [6.07, 6.45) is 5.31. The monoisotopic (exact) mass is 709 g/mol. The first-order valence-corrected chi connectivity index (χ1v) is 16.9. The van der Waals surface area contributed by atoms with E-state index in [1.54, 1.807) is 81.1 Å². The number of aliphatic hydroxyl groups is 1. The number of methoxy groups -OCH3 is 1. The van der Waals surface area contributed by atoms with Crippen LogP contribution < -0.4 is 20.1 Å². The van der Waals surface area contributed by atoms with E-state index < -0.39 is 5.97 Å². The number of amides is 2.